The normalized spacial score (nSPS) is 11.2. The Labute approximate surface area is 190 Å². The molecule has 0 aliphatic rings. The number of unbranched alkanes of at least 4 members (excludes halogenated alkanes) is 5. The van der Waals surface area contributed by atoms with Crippen molar-refractivity contribution in [1.82, 2.24) is 5.32 Å². The van der Waals surface area contributed by atoms with Crippen LogP contribution in [-0.4, -0.2) is 6.54 Å². The predicted molar refractivity (Wildman–Crippen MR) is 130 cm³/mol. The fraction of sp³-hybridized carbons (Fsp3) is 0.385. The average Bonchev–Trinajstić information content (AvgIpc) is 2.76. The van der Waals surface area contributed by atoms with E-state index in [1.165, 1.54) is 54.9 Å². The first kappa shape index (κ1) is 22.9. The van der Waals surface area contributed by atoms with E-state index in [1.807, 2.05) is 18.2 Å². The zero-order valence-corrected chi connectivity index (χ0v) is 19.2. The standard InChI is InChI=1S/C26H31Cl2NO/c1-2-3-4-5-6-9-17-29-18-22-21-12-8-7-11-20(21)15-16-26(22)30-19-23-24(27)13-10-14-25(23)28/h7-8,10-16,29H,2-6,9,17-19H2,1H3. The van der Waals surface area contributed by atoms with Crippen LogP contribution < -0.4 is 10.1 Å². The summed E-state index contributed by atoms with van der Waals surface area (Å²) in [5, 5.41) is 7.31. The Morgan fingerprint density at radius 1 is 0.767 bits per heavy atom. The zero-order valence-electron chi connectivity index (χ0n) is 17.7. The largest absolute Gasteiger partial charge is 0.488 e. The van der Waals surface area contributed by atoms with Crippen molar-refractivity contribution in [3.63, 3.8) is 0 Å². The quantitative estimate of drug-likeness (QED) is 0.285. The molecule has 0 unspecified atom stereocenters. The second kappa shape index (κ2) is 12.2. The van der Waals surface area contributed by atoms with Crippen LogP contribution in [0.2, 0.25) is 10.0 Å². The van der Waals surface area contributed by atoms with Gasteiger partial charge in [0.15, 0.2) is 0 Å². The Kier molecular flexibility index (Phi) is 9.32. The molecule has 0 aromatic heterocycles. The number of fused-ring (bicyclic) bond motifs is 1. The smallest absolute Gasteiger partial charge is 0.124 e. The van der Waals surface area contributed by atoms with E-state index < -0.39 is 0 Å². The van der Waals surface area contributed by atoms with Gasteiger partial charge in [-0.2, -0.15) is 0 Å². The maximum Gasteiger partial charge on any atom is 0.124 e. The zero-order chi connectivity index (χ0) is 21.2. The van der Waals surface area contributed by atoms with Gasteiger partial charge in [0.25, 0.3) is 0 Å². The molecule has 3 aromatic rings. The van der Waals surface area contributed by atoms with Crippen molar-refractivity contribution in [2.45, 2.75) is 58.6 Å². The van der Waals surface area contributed by atoms with Gasteiger partial charge in [0.1, 0.15) is 12.4 Å². The van der Waals surface area contributed by atoms with Crippen LogP contribution >= 0.6 is 23.2 Å². The lowest BCUT2D eigenvalue weighted by molar-refractivity contribution is 0.303. The maximum absolute atomic E-state index is 6.32. The monoisotopic (exact) mass is 443 g/mol. The third kappa shape index (κ3) is 6.38. The summed E-state index contributed by atoms with van der Waals surface area (Å²) in [7, 11) is 0. The summed E-state index contributed by atoms with van der Waals surface area (Å²) in [4.78, 5) is 0. The van der Waals surface area contributed by atoms with Crippen LogP contribution in [0.25, 0.3) is 10.8 Å². The average molecular weight is 444 g/mol. The van der Waals surface area contributed by atoms with E-state index in [-0.39, 0.29) is 0 Å². The molecular weight excluding hydrogens is 413 g/mol. The van der Waals surface area contributed by atoms with Crippen molar-refractivity contribution >= 4 is 34.0 Å². The molecular formula is C26H31Cl2NO. The van der Waals surface area contributed by atoms with Gasteiger partial charge in [-0.15, -0.1) is 0 Å². The number of ether oxygens (including phenoxy) is 1. The first-order valence-electron chi connectivity index (χ1n) is 11.0. The van der Waals surface area contributed by atoms with Crippen molar-refractivity contribution in [2.24, 2.45) is 0 Å². The van der Waals surface area contributed by atoms with Crippen LogP contribution in [-0.2, 0) is 13.2 Å². The highest BCUT2D eigenvalue weighted by atomic mass is 35.5. The van der Waals surface area contributed by atoms with E-state index in [0.29, 0.717) is 16.7 Å². The molecule has 0 bridgehead atoms. The van der Waals surface area contributed by atoms with Crippen LogP contribution in [0.3, 0.4) is 0 Å². The van der Waals surface area contributed by atoms with Crippen LogP contribution in [0, 0.1) is 0 Å². The lowest BCUT2D eigenvalue weighted by atomic mass is 10.0. The molecule has 0 fully saturated rings. The van der Waals surface area contributed by atoms with Crippen LogP contribution in [0.1, 0.15) is 56.6 Å². The molecule has 0 atom stereocenters. The van der Waals surface area contributed by atoms with E-state index in [0.717, 1.165) is 24.4 Å². The molecule has 0 saturated heterocycles. The summed E-state index contributed by atoms with van der Waals surface area (Å²) >= 11 is 12.6. The molecule has 3 aromatic carbocycles. The molecule has 1 N–H and O–H groups in total. The number of benzene rings is 3. The fourth-order valence-corrected chi connectivity index (χ4v) is 4.20. The predicted octanol–water partition coefficient (Wildman–Crippen LogP) is 8.18. The Hall–Kier alpha value is -1.74. The van der Waals surface area contributed by atoms with Gasteiger partial charge in [0, 0.05) is 27.7 Å². The fourth-order valence-electron chi connectivity index (χ4n) is 3.70. The molecule has 2 nitrogen and oxygen atoms in total. The number of rotatable bonds is 12. The lowest BCUT2D eigenvalue weighted by Gasteiger charge is -2.16. The van der Waals surface area contributed by atoms with Gasteiger partial charge in [-0.1, -0.05) is 98.6 Å². The summed E-state index contributed by atoms with van der Waals surface area (Å²) in [5.74, 6) is 0.875. The lowest BCUT2D eigenvalue weighted by Crippen LogP contribution is -2.16. The third-order valence-corrected chi connectivity index (χ3v) is 6.15. The molecule has 160 valence electrons. The van der Waals surface area contributed by atoms with Gasteiger partial charge in [-0.05, 0) is 41.9 Å². The summed E-state index contributed by atoms with van der Waals surface area (Å²) in [5.41, 5.74) is 2.00. The van der Waals surface area contributed by atoms with Crippen molar-refractivity contribution in [1.29, 1.82) is 0 Å². The molecule has 0 spiro atoms. The summed E-state index contributed by atoms with van der Waals surface area (Å²) in [6, 6.07) is 18.1. The number of hydrogen-bond donors (Lipinski definition) is 1. The van der Waals surface area contributed by atoms with Gasteiger partial charge >= 0.3 is 0 Å². The molecule has 0 heterocycles. The topological polar surface area (TPSA) is 21.3 Å². The summed E-state index contributed by atoms with van der Waals surface area (Å²) in [6.07, 6.45) is 7.82. The molecule has 0 amide bonds. The van der Waals surface area contributed by atoms with Crippen LogP contribution in [0.15, 0.2) is 54.6 Å². The molecule has 3 rings (SSSR count). The minimum absolute atomic E-state index is 0.348. The number of nitrogens with one attached hydrogen (secondary N) is 1. The molecule has 0 saturated carbocycles. The molecule has 0 aliphatic carbocycles. The Bertz CT molecular complexity index is 921. The molecule has 0 aliphatic heterocycles. The Balaban J connectivity index is 1.67. The van der Waals surface area contributed by atoms with E-state index in [1.54, 1.807) is 0 Å². The van der Waals surface area contributed by atoms with Crippen molar-refractivity contribution in [3.8, 4) is 5.75 Å². The van der Waals surface area contributed by atoms with Gasteiger partial charge in [-0.25, -0.2) is 0 Å². The number of halogens is 2. The third-order valence-electron chi connectivity index (χ3n) is 5.44. The highest BCUT2D eigenvalue weighted by molar-refractivity contribution is 6.35. The molecule has 30 heavy (non-hydrogen) atoms. The summed E-state index contributed by atoms with van der Waals surface area (Å²) < 4.78 is 6.21. The number of hydrogen-bond acceptors (Lipinski definition) is 2. The maximum atomic E-state index is 6.32. The summed E-state index contributed by atoms with van der Waals surface area (Å²) in [6.45, 7) is 4.40. The highest BCUT2D eigenvalue weighted by Crippen LogP contribution is 2.31. The molecule has 0 radical (unpaired) electrons. The van der Waals surface area contributed by atoms with E-state index in [4.69, 9.17) is 27.9 Å². The van der Waals surface area contributed by atoms with Crippen LogP contribution in [0.5, 0.6) is 5.75 Å². The van der Waals surface area contributed by atoms with Gasteiger partial charge < -0.3 is 10.1 Å². The second-order valence-corrected chi connectivity index (χ2v) is 8.51. The SMILES string of the molecule is CCCCCCCCNCc1c(OCc2c(Cl)cccc2Cl)ccc2ccccc12. The minimum atomic E-state index is 0.348. The van der Waals surface area contributed by atoms with Gasteiger partial charge in [-0.3, -0.25) is 0 Å². The minimum Gasteiger partial charge on any atom is -0.488 e. The first-order valence-corrected chi connectivity index (χ1v) is 11.7. The Morgan fingerprint density at radius 2 is 1.50 bits per heavy atom. The van der Waals surface area contributed by atoms with E-state index in [9.17, 15) is 0 Å². The first-order chi connectivity index (χ1) is 14.7. The molecule has 4 heteroatoms. The second-order valence-electron chi connectivity index (χ2n) is 7.70. The van der Waals surface area contributed by atoms with E-state index in [2.05, 4.69) is 48.6 Å². The van der Waals surface area contributed by atoms with Gasteiger partial charge in [0.05, 0.1) is 0 Å². The Morgan fingerprint density at radius 3 is 2.30 bits per heavy atom. The van der Waals surface area contributed by atoms with E-state index >= 15 is 0 Å². The van der Waals surface area contributed by atoms with Crippen molar-refractivity contribution in [3.05, 3.63) is 75.8 Å². The van der Waals surface area contributed by atoms with Crippen molar-refractivity contribution in [2.75, 3.05) is 6.54 Å². The van der Waals surface area contributed by atoms with Crippen molar-refractivity contribution < 1.29 is 4.74 Å². The highest BCUT2D eigenvalue weighted by Gasteiger charge is 2.11. The van der Waals surface area contributed by atoms with Crippen LogP contribution in [0.4, 0.5) is 0 Å². The van der Waals surface area contributed by atoms with Gasteiger partial charge in [0.2, 0.25) is 0 Å².